The topological polar surface area (TPSA) is 78.9 Å². The molecule has 17 heavy (non-hydrogen) atoms. The van der Waals surface area contributed by atoms with Crippen LogP contribution in [-0.2, 0) is 4.79 Å². The second-order valence-corrected chi connectivity index (χ2v) is 4.22. The quantitative estimate of drug-likeness (QED) is 0.831. The van der Waals surface area contributed by atoms with Gasteiger partial charge in [0.1, 0.15) is 6.07 Å². The molecule has 4 nitrogen and oxygen atoms in total. The van der Waals surface area contributed by atoms with Crippen LogP contribution in [0.15, 0.2) is 22.7 Å². The minimum absolute atomic E-state index is 0.157. The summed E-state index contributed by atoms with van der Waals surface area (Å²) < 4.78 is 0.764. The lowest BCUT2D eigenvalue weighted by atomic mass is 10.1. The molecule has 1 unspecified atom stereocenters. The molecule has 5 heteroatoms. The number of benzene rings is 1. The molecule has 0 heterocycles. The van der Waals surface area contributed by atoms with Crippen LogP contribution < -0.4 is 11.1 Å². The third-order valence-electron chi connectivity index (χ3n) is 2.03. The number of terminal acetylenes is 1. The fraction of sp³-hybridized carbons (Fsp3) is 0.167. The number of rotatable bonds is 3. The van der Waals surface area contributed by atoms with Crippen LogP contribution in [0.2, 0.25) is 0 Å². The Morgan fingerprint density at radius 2 is 2.35 bits per heavy atom. The van der Waals surface area contributed by atoms with Gasteiger partial charge in [-0.05, 0) is 18.2 Å². The van der Waals surface area contributed by atoms with Crippen LogP contribution in [0.25, 0.3) is 0 Å². The highest BCUT2D eigenvalue weighted by atomic mass is 79.9. The second kappa shape index (κ2) is 6.05. The molecule has 0 aliphatic heterocycles. The first kappa shape index (κ1) is 13.2. The van der Waals surface area contributed by atoms with Crippen LogP contribution in [-0.4, -0.2) is 11.9 Å². The molecule has 1 aromatic rings. The summed E-state index contributed by atoms with van der Waals surface area (Å²) in [6, 6.07) is 6.19. The number of carbonyl (C=O) groups is 1. The molecule has 0 fully saturated rings. The fourth-order valence-corrected chi connectivity index (χ4v) is 1.52. The lowest BCUT2D eigenvalue weighted by Crippen LogP contribution is -2.35. The number of nitrogens with one attached hydrogen (secondary N) is 1. The van der Waals surface area contributed by atoms with Crippen LogP contribution in [0, 0.1) is 23.7 Å². The Morgan fingerprint density at radius 1 is 1.65 bits per heavy atom. The zero-order valence-electron chi connectivity index (χ0n) is 8.90. The van der Waals surface area contributed by atoms with E-state index < -0.39 is 11.9 Å². The summed E-state index contributed by atoms with van der Waals surface area (Å²) in [7, 11) is 0. The summed E-state index contributed by atoms with van der Waals surface area (Å²) in [5.41, 5.74) is 6.34. The molecule has 0 aromatic heterocycles. The Morgan fingerprint density at radius 3 is 2.94 bits per heavy atom. The largest absolute Gasteiger partial charge is 0.324 e. The maximum absolute atomic E-state index is 11.6. The van der Waals surface area contributed by atoms with E-state index in [-0.39, 0.29) is 6.42 Å². The van der Waals surface area contributed by atoms with Gasteiger partial charge in [0, 0.05) is 10.9 Å². The first-order valence-electron chi connectivity index (χ1n) is 4.78. The van der Waals surface area contributed by atoms with Crippen molar-refractivity contribution in [3.63, 3.8) is 0 Å². The van der Waals surface area contributed by atoms with E-state index in [9.17, 15) is 4.79 Å². The zero-order valence-corrected chi connectivity index (χ0v) is 10.5. The highest BCUT2D eigenvalue weighted by Gasteiger charge is 2.13. The van der Waals surface area contributed by atoms with Gasteiger partial charge < -0.3 is 11.1 Å². The summed E-state index contributed by atoms with van der Waals surface area (Å²) in [5.74, 6) is 1.91. The molecule has 86 valence electrons. The van der Waals surface area contributed by atoms with E-state index in [2.05, 4.69) is 27.2 Å². The summed E-state index contributed by atoms with van der Waals surface area (Å²) in [5, 5.41) is 11.5. The fourth-order valence-electron chi connectivity index (χ4n) is 1.16. The number of hydrogen-bond acceptors (Lipinski definition) is 3. The Kier molecular flexibility index (Phi) is 4.71. The molecule has 0 spiro atoms. The van der Waals surface area contributed by atoms with Crippen LogP contribution in [0.4, 0.5) is 5.69 Å². The van der Waals surface area contributed by atoms with Crippen molar-refractivity contribution in [3.05, 3.63) is 28.2 Å². The second-order valence-electron chi connectivity index (χ2n) is 3.31. The number of nitriles is 1. The van der Waals surface area contributed by atoms with Gasteiger partial charge in [0.25, 0.3) is 0 Å². The van der Waals surface area contributed by atoms with E-state index in [1.165, 1.54) is 0 Å². The molecule has 0 aliphatic carbocycles. The van der Waals surface area contributed by atoms with Gasteiger partial charge in [-0.3, -0.25) is 4.79 Å². The molecule has 0 bridgehead atoms. The lowest BCUT2D eigenvalue weighted by molar-refractivity contribution is -0.117. The first-order valence-corrected chi connectivity index (χ1v) is 5.57. The number of nitrogens with two attached hydrogens (primary N) is 1. The monoisotopic (exact) mass is 291 g/mol. The van der Waals surface area contributed by atoms with Crippen LogP contribution in [0.3, 0.4) is 0 Å². The van der Waals surface area contributed by atoms with Crippen LogP contribution in [0.5, 0.6) is 0 Å². The van der Waals surface area contributed by atoms with Gasteiger partial charge in [0.15, 0.2) is 0 Å². The summed E-state index contributed by atoms with van der Waals surface area (Å²) >= 11 is 3.24. The minimum atomic E-state index is -0.768. The van der Waals surface area contributed by atoms with Crippen molar-refractivity contribution in [1.29, 1.82) is 5.26 Å². The van der Waals surface area contributed by atoms with E-state index in [0.29, 0.717) is 11.3 Å². The molecule has 0 radical (unpaired) electrons. The zero-order chi connectivity index (χ0) is 12.8. The van der Waals surface area contributed by atoms with E-state index >= 15 is 0 Å². The summed E-state index contributed by atoms with van der Waals surface area (Å²) in [6.45, 7) is 0. The summed E-state index contributed by atoms with van der Waals surface area (Å²) in [6.07, 6.45) is 5.22. The highest BCUT2D eigenvalue weighted by Crippen LogP contribution is 2.20. The van der Waals surface area contributed by atoms with Gasteiger partial charge in [0.2, 0.25) is 5.91 Å². The number of amides is 1. The molecule has 0 saturated heterocycles. The molecule has 1 amide bonds. The van der Waals surface area contributed by atoms with Gasteiger partial charge >= 0.3 is 0 Å². The molecule has 1 atom stereocenters. The number of carbonyl (C=O) groups excluding carboxylic acids is 1. The van der Waals surface area contributed by atoms with Gasteiger partial charge in [-0.25, -0.2) is 0 Å². The predicted molar refractivity (Wildman–Crippen MR) is 68.9 cm³/mol. The first-order chi connectivity index (χ1) is 8.08. The minimum Gasteiger partial charge on any atom is -0.324 e. The number of nitrogens with zero attached hydrogens (tertiary/aromatic N) is 1. The summed E-state index contributed by atoms with van der Waals surface area (Å²) in [4.78, 5) is 11.6. The van der Waals surface area contributed by atoms with Gasteiger partial charge in [-0.1, -0.05) is 15.9 Å². The maximum Gasteiger partial charge on any atom is 0.242 e. The Labute approximate surface area is 108 Å². The van der Waals surface area contributed by atoms with Crippen molar-refractivity contribution in [2.24, 2.45) is 5.73 Å². The van der Waals surface area contributed by atoms with Crippen molar-refractivity contribution in [3.8, 4) is 18.4 Å². The SMILES string of the molecule is C#CCC(N)C(=O)Nc1ccc(Br)cc1C#N. The van der Waals surface area contributed by atoms with Crippen LogP contribution >= 0.6 is 15.9 Å². The Hall–Kier alpha value is -1.82. The van der Waals surface area contributed by atoms with Crippen molar-refractivity contribution in [2.75, 3.05) is 5.32 Å². The van der Waals surface area contributed by atoms with E-state index in [4.69, 9.17) is 17.4 Å². The Balaban J connectivity index is 2.86. The number of anilines is 1. The average Bonchev–Trinajstić information content (AvgIpc) is 2.31. The van der Waals surface area contributed by atoms with Crippen molar-refractivity contribution in [1.82, 2.24) is 0 Å². The van der Waals surface area contributed by atoms with Crippen molar-refractivity contribution in [2.45, 2.75) is 12.5 Å². The van der Waals surface area contributed by atoms with E-state index in [0.717, 1.165) is 4.47 Å². The van der Waals surface area contributed by atoms with Gasteiger partial charge in [-0.2, -0.15) is 5.26 Å². The third kappa shape index (κ3) is 3.60. The lowest BCUT2D eigenvalue weighted by Gasteiger charge is -2.10. The van der Waals surface area contributed by atoms with Gasteiger partial charge in [-0.15, -0.1) is 12.3 Å². The highest BCUT2D eigenvalue weighted by molar-refractivity contribution is 9.10. The number of halogens is 1. The standard InChI is InChI=1S/C12H10BrN3O/c1-2-3-10(15)12(17)16-11-5-4-9(13)6-8(11)7-14/h1,4-6,10H,3,15H2,(H,16,17). The molecule has 0 saturated carbocycles. The maximum atomic E-state index is 11.6. The Bertz CT molecular complexity index is 513. The predicted octanol–water partition coefficient (Wildman–Crippen LogP) is 1.61. The molecular formula is C12H10BrN3O. The molecule has 0 aliphatic rings. The number of hydrogen-bond donors (Lipinski definition) is 2. The molecule has 1 aromatic carbocycles. The van der Waals surface area contributed by atoms with Crippen LogP contribution in [0.1, 0.15) is 12.0 Å². The van der Waals surface area contributed by atoms with Gasteiger partial charge in [0.05, 0.1) is 17.3 Å². The molecular weight excluding hydrogens is 282 g/mol. The normalized spacial score (nSPS) is 11.1. The van der Waals surface area contributed by atoms with Crippen molar-refractivity contribution < 1.29 is 4.79 Å². The smallest absolute Gasteiger partial charge is 0.242 e. The third-order valence-corrected chi connectivity index (χ3v) is 2.53. The molecule has 3 N–H and O–H groups in total. The molecule has 1 rings (SSSR count). The van der Waals surface area contributed by atoms with E-state index in [1.807, 2.05) is 6.07 Å². The average molecular weight is 292 g/mol. The van der Waals surface area contributed by atoms with E-state index in [1.54, 1.807) is 18.2 Å². The van der Waals surface area contributed by atoms with Crippen molar-refractivity contribution >= 4 is 27.5 Å².